The van der Waals surface area contributed by atoms with Crippen LogP contribution in [0, 0.1) is 17.6 Å². The third kappa shape index (κ3) is 6.71. The van der Waals surface area contributed by atoms with Crippen molar-refractivity contribution in [3.8, 4) is 0 Å². The number of nitrogens with zero attached hydrogens (tertiary/aromatic N) is 1. The molecule has 136 valence electrons. The molecule has 1 heterocycles. The van der Waals surface area contributed by atoms with Crippen LogP contribution in [0.25, 0.3) is 0 Å². The van der Waals surface area contributed by atoms with E-state index in [2.05, 4.69) is 10.2 Å². The maximum atomic E-state index is 13.1. The van der Waals surface area contributed by atoms with E-state index in [1.807, 2.05) is 0 Å². The van der Waals surface area contributed by atoms with Gasteiger partial charge in [0.2, 0.25) is 5.91 Å². The van der Waals surface area contributed by atoms with Crippen LogP contribution in [0.5, 0.6) is 0 Å². The molecule has 0 atom stereocenters. The molecular weight excluding hydrogens is 336 g/mol. The third-order valence-corrected chi connectivity index (χ3v) is 4.38. The van der Waals surface area contributed by atoms with Gasteiger partial charge in [0.05, 0.1) is 0 Å². The number of nitrogens with two attached hydrogens (primary N) is 1. The summed E-state index contributed by atoms with van der Waals surface area (Å²) in [7, 11) is 0. The lowest BCUT2D eigenvalue weighted by atomic mass is 9.96. The zero-order valence-electron chi connectivity index (χ0n) is 13.8. The van der Waals surface area contributed by atoms with Gasteiger partial charge in [-0.15, -0.1) is 12.4 Å². The number of likely N-dealkylation sites (tertiary alicyclic amines) is 1. The summed E-state index contributed by atoms with van der Waals surface area (Å²) in [6.45, 7) is 4.29. The molecule has 0 radical (unpaired) electrons. The highest BCUT2D eigenvalue weighted by Gasteiger charge is 2.22. The first-order chi connectivity index (χ1) is 11.1. The highest BCUT2D eigenvalue weighted by molar-refractivity contribution is 5.85. The topological polar surface area (TPSA) is 58.4 Å². The van der Waals surface area contributed by atoms with E-state index in [9.17, 15) is 13.6 Å². The van der Waals surface area contributed by atoms with Gasteiger partial charge < -0.3 is 16.0 Å². The highest BCUT2D eigenvalue weighted by atomic mass is 35.5. The molecule has 0 spiro atoms. The molecule has 1 aromatic rings. The number of nitrogens with one attached hydrogen (secondary N) is 1. The molecule has 1 aliphatic rings. The fourth-order valence-electron chi connectivity index (χ4n) is 2.91. The average molecular weight is 362 g/mol. The van der Waals surface area contributed by atoms with Crippen molar-refractivity contribution < 1.29 is 13.6 Å². The Morgan fingerprint density at radius 2 is 1.92 bits per heavy atom. The maximum absolute atomic E-state index is 13.1. The van der Waals surface area contributed by atoms with Crippen LogP contribution in [0.4, 0.5) is 8.78 Å². The number of hydrogen-bond acceptors (Lipinski definition) is 3. The fourth-order valence-corrected chi connectivity index (χ4v) is 2.91. The van der Waals surface area contributed by atoms with Gasteiger partial charge in [0.1, 0.15) is 0 Å². The molecule has 1 aliphatic heterocycles. The smallest absolute Gasteiger partial charge is 0.220 e. The van der Waals surface area contributed by atoms with Crippen molar-refractivity contribution in [2.24, 2.45) is 11.7 Å². The minimum absolute atomic E-state index is 0. The molecule has 2 rings (SSSR count). The van der Waals surface area contributed by atoms with Gasteiger partial charge in [-0.05, 0) is 69.6 Å². The van der Waals surface area contributed by atoms with Crippen molar-refractivity contribution in [2.45, 2.75) is 32.2 Å². The van der Waals surface area contributed by atoms with E-state index in [0.717, 1.165) is 63.5 Å². The molecule has 1 fully saturated rings. The number of unbranched alkanes of at least 4 members (excludes halogenated alkanes) is 1. The lowest BCUT2D eigenvalue weighted by molar-refractivity contribution is -0.123. The van der Waals surface area contributed by atoms with Gasteiger partial charge in [-0.2, -0.15) is 0 Å². The predicted octanol–water partition coefficient (Wildman–Crippen LogP) is 2.45. The van der Waals surface area contributed by atoms with Crippen molar-refractivity contribution in [3.63, 3.8) is 0 Å². The van der Waals surface area contributed by atoms with E-state index in [1.54, 1.807) is 6.07 Å². The number of carbonyl (C=O) groups excluding carboxylic acids is 1. The second-order valence-corrected chi connectivity index (χ2v) is 6.15. The van der Waals surface area contributed by atoms with Gasteiger partial charge in [-0.3, -0.25) is 4.79 Å². The Hall–Kier alpha value is -1.24. The number of carbonyl (C=O) groups is 1. The first-order valence-corrected chi connectivity index (χ1v) is 8.22. The van der Waals surface area contributed by atoms with E-state index in [4.69, 9.17) is 5.73 Å². The average Bonchev–Trinajstić information content (AvgIpc) is 2.54. The van der Waals surface area contributed by atoms with Gasteiger partial charge in [0, 0.05) is 12.5 Å². The minimum atomic E-state index is -0.811. The monoisotopic (exact) mass is 361 g/mol. The molecule has 1 aromatic carbocycles. The molecule has 1 saturated heterocycles. The van der Waals surface area contributed by atoms with Crippen LogP contribution >= 0.6 is 12.4 Å². The normalized spacial score (nSPS) is 15.9. The summed E-state index contributed by atoms with van der Waals surface area (Å²) in [4.78, 5) is 13.5. The largest absolute Gasteiger partial charge is 0.369 e. The maximum Gasteiger partial charge on any atom is 0.220 e. The van der Waals surface area contributed by atoms with Crippen LogP contribution in [-0.4, -0.2) is 37.0 Å². The summed E-state index contributed by atoms with van der Waals surface area (Å²) in [6, 6.07) is 3.97. The second-order valence-electron chi connectivity index (χ2n) is 6.15. The zero-order chi connectivity index (χ0) is 16.7. The Kier molecular flexibility index (Phi) is 9.18. The number of piperidine rings is 1. The van der Waals surface area contributed by atoms with Gasteiger partial charge in [0.25, 0.3) is 0 Å². The van der Waals surface area contributed by atoms with Crippen LogP contribution in [0.3, 0.4) is 0 Å². The van der Waals surface area contributed by atoms with Crippen molar-refractivity contribution in [1.29, 1.82) is 0 Å². The Morgan fingerprint density at radius 3 is 2.54 bits per heavy atom. The summed E-state index contributed by atoms with van der Waals surface area (Å²) in [5.41, 5.74) is 6.07. The Labute approximate surface area is 148 Å². The van der Waals surface area contributed by atoms with E-state index in [0.29, 0.717) is 6.54 Å². The Morgan fingerprint density at radius 1 is 1.21 bits per heavy atom. The molecule has 3 N–H and O–H groups in total. The molecular formula is C17H26ClF2N3O. The van der Waals surface area contributed by atoms with Crippen molar-refractivity contribution in [2.75, 3.05) is 26.2 Å². The molecule has 1 amide bonds. The molecule has 24 heavy (non-hydrogen) atoms. The highest BCUT2D eigenvalue weighted by Crippen LogP contribution is 2.16. The number of primary amides is 1. The van der Waals surface area contributed by atoms with Crippen molar-refractivity contribution in [1.82, 2.24) is 10.2 Å². The third-order valence-electron chi connectivity index (χ3n) is 4.38. The summed E-state index contributed by atoms with van der Waals surface area (Å²) >= 11 is 0. The second kappa shape index (κ2) is 10.6. The zero-order valence-corrected chi connectivity index (χ0v) is 14.6. The van der Waals surface area contributed by atoms with Crippen LogP contribution < -0.4 is 11.1 Å². The SMILES string of the molecule is Cl.NC(=O)C1CCN(CCCCNCc2ccc(F)c(F)c2)CC1. The molecule has 0 aliphatic carbocycles. The molecule has 0 unspecified atom stereocenters. The predicted molar refractivity (Wildman–Crippen MR) is 92.9 cm³/mol. The lowest BCUT2D eigenvalue weighted by Crippen LogP contribution is -2.39. The number of amides is 1. The van der Waals surface area contributed by atoms with E-state index in [1.165, 1.54) is 6.07 Å². The molecule has 7 heteroatoms. The van der Waals surface area contributed by atoms with Crippen molar-refractivity contribution >= 4 is 18.3 Å². The lowest BCUT2D eigenvalue weighted by Gasteiger charge is -2.30. The first-order valence-electron chi connectivity index (χ1n) is 8.22. The Bertz CT molecular complexity index is 523. The summed E-state index contributed by atoms with van der Waals surface area (Å²) < 4.78 is 25.9. The molecule has 0 saturated carbocycles. The molecule has 0 aromatic heterocycles. The molecule has 4 nitrogen and oxygen atoms in total. The van der Waals surface area contributed by atoms with Crippen LogP contribution in [-0.2, 0) is 11.3 Å². The number of benzene rings is 1. The quantitative estimate of drug-likeness (QED) is 0.699. The summed E-state index contributed by atoms with van der Waals surface area (Å²) in [5, 5.41) is 3.24. The number of halogens is 3. The number of hydrogen-bond donors (Lipinski definition) is 2. The number of rotatable bonds is 8. The van der Waals surface area contributed by atoms with Crippen LogP contribution in [0.2, 0.25) is 0 Å². The van der Waals surface area contributed by atoms with E-state index < -0.39 is 11.6 Å². The van der Waals surface area contributed by atoms with Gasteiger partial charge in [0.15, 0.2) is 11.6 Å². The van der Waals surface area contributed by atoms with E-state index >= 15 is 0 Å². The van der Waals surface area contributed by atoms with Gasteiger partial charge >= 0.3 is 0 Å². The van der Waals surface area contributed by atoms with Crippen molar-refractivity contribution in [3.05, 3.63) is 35.4 Å². The standard InChI is InChI=1S/C17H25F2N3O.ClH/c18-15-4-3-13(11-16(15)19)12-21-7-1-2-8-22-9-5-14(6-10-22)17(20)23;/h3-4,11,14,21H,1-2,5-10,12H2,(H2,20,23);1H. The summed E-state index contributed by atoms with van der Waals surface area (Å²) in [5.74, 6) is -1.74. The fraction of sp³-hybridized carbons (Fsp3) is 0.588. The summed E-state index contributed by atoms with van der Waals surface area (Å²) in [6.07, 6.45) is 3.83. The van der Waals surface area contributed by atoms with Crippen LogP contribution in [0.1, 0.15) is 31.2 Å². The van der Waals surface area contributed by atoms with E-state index in [-0.39, 0.29) is 24.2 Å². The van der Waals surface area contributed by atoms with Gasteiger partial charge in [-0.25, -0.2) is 8.78 Å². The van der Waals surface area contributed by atoms with Crippen LogP contribution in [0.15, 0.2) is 18.2 Å². The first kappa shape index (κ1) is 20.8. The van der Waals surface area contributed by atoms with Gasteiger partial charge in [-0.1, -0.05) is 6.07 Å². The minimum Gasteiger partial charge on any atom is -0.369 e. The Balaban J connectivity index is 0.00000288. The molecule has 0 bridgehead atoms.